The van der Waals surface area contributed by atoms with Crippen molar-refractivity contribution in [3.05, 3.63) is 132 Å². The van der Waals surface area contributed by atoms with E-state index in [0.717, 1.165) is 24.0 Å². The number of nitrogens with one attached hydrogen (secondary N) is 2. The minimum absolute atomic E-state index is 0.140. The van der Waals surface area contributed by atoms with Gasteiger partial charge >= 0.3 is 6.03 Å². The lowest BCUT2D eigenvalue weighted by atomic mass is 9.83. The summed E-state index contributed by atoms with van der Waals surface area (Å²) in [6, 6.07) is 36.7. The molecule has 0 aliphatic carbocycles. The van der Waals surface area contributed by atoms with E-state index in [1.165, 1.54) is 10.0 Å². The van der Waals surface area contributed by atoms with Crippen molar-refractivity contribution < 1.29 is 19.2 Å². The van der Waals surface area contributed by atoms with Gasteiger partial charge in [-0.2, -0.15) is 0 Å². The largest absolute Gasteiger partial charge is 0.322 e. The van der Waals surface area contributed by atoms with Crippen molar-refractivity contribution in [2.45, 2.75) is 31.7 Å². The first-order chi connectivity index (χ1) is 20.5. The molecule has 212 valence electrons. The quantitative estimate of drug-likeness (QED) is 0.229. The minimum atomic E-state index is -1.14. The Bertz CT molecular complexity index is 1450. The van der Waals surface area contributed by atoms with Crippen LogP contribution >= 0.6 is 0 Å². The minimum Gasteiger partial charge on any atom is -0.316 e. The molecular weight excluding hydrogens is 528 g/mol. The van der Waals surface area contributed by atoms with Crippen LogP contribution in [0.4, 0.5) is 16.2 Å². The molecule has 0 unspecified atom stereocenters. The number of anilines is 2. The normalized spacial score (nSPS) is 16.1. The fourth-order valence-electron chi connectivity index (χ4n) is 5.28. The van der Waals surface area contributed by atoms with Crippen LogP contribution in [0.15, 0.2) is 121 Å². The van der Waals surface area contributed by atoms with Crippen LogP contribution in [-0.2, 0) is 19.9 Å². The average Bonchev–Trinajstić information content (AvgIpc) is 3.49. The maximum absolute atomic E-state index is 12.9. The lowest BCUT2D eigenvalue weighted by Crippen LogP contribution is -2.44. The van der Waals surface area contributed by atoms with Crippen LogP contribution in [0, 0.1) is 5.92 Å². The number of carbonyl (C=O) groups is 4. The van der Waals surface area contributed by atoms with Gasteiger partial charge in [-0.15, -0.1) is 0 Å². The highest BCUT2D eigenvalue weighted by Crippen LogP contribution is 2.34. The first-order valence-corrected chi connectivity index (χ1v) is 14.0. The molecule has 2 aliphatic rings. The first-order valence-electron chi connectivity index (χ1n) is 14.0. The molecule has 0 atom stereocenters. The van der Waals surface area contributed by atoms with Crippen molar-refractivity contribution in [3.8, 4) is 0 Å². The van der Waals surface area contributed by atoms with Gasteiger partial charge in [-0.05, 0) is 41.8 Å². The second kappa shape index (κ2) is 12.5. The van der Waals surface area contributed by atoms with E-state index in [4.69, 9.17) is 0 Å². The summed E-state index contributed by atoms with van der Waals surface area (Å²) < 4.78 is 0. The monoisotopic (exact) mass is 560 g/mol. The van der Waals surface area contributed by atoms with Crippen molar-refractivity contribution in [2.24, 2.45) is 5.92 Å². The summed E-state index contributed by atoms with van der Waals surface area (Å²) in [5.74, 6) is -1.22. The molecule has 42 heavy (non-hydrogen) atoms. The fourth-order valence-corrected chi connectivity index (χ4v) is 5.28. The van der Waals surface area contributed by atoms with Gasteiger partial charge in [0.2, 0.25) is 0 Å². The van der Waals surface area contributed by atoms with E-state index >= 15 is 0 Å². The van der Waals surface area contributed by atoms with E-state index in [1.54, 1.807) is 0 Å². The van der Waals surface area contributed by atoms with Crippen LogP contribution in [0.1, 0.15) is 37.3 Å². The molecule has 0 spiro atoms. The Hall–Kier alpha value is -5.24. The van der Waals surface area contributed by atoms with Crippen molar-refractivity contribution in [1.82, 2.24) is 10.6 Å². The van der Waals surface area contributed by atoms with Gasteiger partial charge < -0.3 is 5.32 Å². The molecule has 0 bridgehead atoms. The third-order valence-electron chi connectivity index (χ3n) is 7.34. The topological polar surface area (TPSA) is 98.8 Å². The standard InChI is InChI=1S/C19H20N2O2.C15H12N2O2/c1-2-3-14-17-18(22)20(15-10-6-4-7-11-15)21(19(17)23)16-12-8-5-9-13-16;18-13-15(17-14(19)16-13,11-7-3-1-4-8-11)12-9-5-2-6-10-12/h4-13,17H,2-3,14H2,1H3;1-10H,(H2,16,17,18,19). The smallest absolute Gasteiger partial charge is 0.316 e. The summed E-state index contributed by atoms with van der Waals surface area (Å²) in [6.07, 6.45) is 2.43. The number of para-hydroxylation sites is 2. The van der Waals surface area contributed by atoms with Gasteiger partial charge in [0.05, 0.1) is 11.4 Å². The van der Waals surface area contributed by atoms with E-state index in [0.29, 0.717) is 17.8 Å². The van der Waals surface area contributed by atoms with Gasteiger partial charge in [-0.1, -0.05) is 117 Å². The number of amides is 5. The van der Waals surface area contributed by atoms with E-state index in [2.05, 4.69) is 17.6 Å². The molecule has 2 heterocycles. The number of nitrogens with zero attached hydrogens (tertiary/aromatic N) is 2. The van der Waals surface area contributed by atoms with Gasteiger partial charge in [-0.3, -0.25) is 19.7 Å². The predicted molar refractivity (Wildman–Crippen MR) is 161 cm³/mol. The second-order valence-electron chi connectivity index (χ2n) is 10.1. The maximum atomic E-state index is 12.9. The Labute approximate surface area is 244 Å². The molecule has 0 radical (unpaired) electrons. The van der Waals surface area contributed by atoms with Gasteiger partial charge in [0.15, 0.2) is 5.54 Å². The Morgan fingerprint density at radius 1 is 0.619 bits per heavy atom. The van der Waals surface area contributed by atoms with E-state index in [1.807, 2.05) is 121 Å². The highest BCUT2D eigenvalue weighted by Gasteiger charge is 2.49. The average molecular weight is 561 g/mol. The number of hydrazine groups is 1. The fraction of sp³-hybridized carbons (Fsp3) is 0.176. The van der Waals surface area contributed by atoms with Crippen molar-refractivity contribution in [3.63, 3.8) is 0 Å². The Kier molecular flexibility index (Phi) is 8.43. The van der Waals surface area contributed by atoms with E-state index in [-0.39, 0.29) is 17.7 Å². The molecule has 4 aromatic rings. The Morgan fingerprint density at radius 3 is 1.38 bits per heavy atom. The van der Waals surface area contributed by atoms with E-state index in [9.17, 15) is 19.2 Å². The van der Waals surface area contributed by atoms with Crippen LogP contribution in [-0.4, -0.2) is 23.8 Å². The molecule has 8 heteroatoms. The summed E-state index contributed by atoms with van der Waals surface area (Å²) in [5.41, 5.74) is 1.77. The SMILES string of the molecule is CCCCC1C(=O)N(c2ccccc2)N(c2ccccc2)C1=O.O=C1NC(=O)C(c2ccccc2)(c2ccccc2)N1. The summed E-state index contributed by atoms with van der Waals surface area (Å²) >= 11 is 0. The molecule has 2 N–H and O–H groups in total. The zero-order valence-corrected chi connectivity index (χ0v) is 23.3. The van der Waals surface area contributed by atoms with Crippen LogP contribution in [0.25, 0.3) is 0 Å². The number of hydrogen-bond donors (Lipinski definition) is 2. The lowest BCUT2D eigenvalue weighted by Gasteiger charge is -2.27. The van der Waals surface area contributed by atoms with Crippen LogP contribution in [0.2, 0.25) is 0 Å². The van der Waals surface area contributed by atoms with Crippen LogP contribution in [0.3, 0.4) is 0 Å². The van der Waals surface area contributed by atoms with Crippen LogP contribution < -0.4 is 20.7 Å². The molecule has 4 aromatic carbocycles. The molecule has 2 fully saturated rings. The number of unbranched alkanes of at least 4 members (excludes halogenated alkanes) is 1. The van der Waals surface area contributed by atoms with Crippen molar-refractivity contribution >= 4 is 35.1 Å². The molecule has 5 amide bonds. The number of carbonyl (C=O) groups excluding carboxylic acids is 4. The third-order valence-corrected chi connectivity index (χ3v) is 7.34. The van der Waals surface area contributed by atoms with Gasteiger partial charge in [0.25, 0.3) is 17.7 Å². The summed E-state index contributed by atoms with van der Waals surface area (Å²) in [4.78, 5) is 49.6. The second-order valence-corrected chi connectivity index (χ2v) is 10.1. The van der Waals surface area contributed by atoms with Gasteiger partial charge in [0.1, 0.15) is 5.92 Å². The first kappa shape index (κ1) is 28.3. The number of urea groups is 1. The number of imide groups is 1. The van der Waals surface area contributed by atoms with Gasteiger partial charge in [0, 0.05) is 0 Å². The Morgan fingerprint density at radius 2 is 1.02 bits per heavy atom. The highest BCUT2D eigenvalue weighted by atomic mass is 16.2. The van der Waals surface area contributed by atoms with Crippen LogP contribution in [0.5, 0.6) is 0 Å². The number of hydrogen-bond acceptors (Lipinski definition) is 4. The molecule has 2 saturated heterocycles. The molecule has 0 aromatic heterocycles. The predicted octanol–water partition coefficient (Wildman–Crippen LogP) is 5.56. The lowest BCUT2D eigenvalue weighted by molar-refractivity contribution is -0.127. The molecular formula is C34H32N4O4. The molecule has 6 rings (SSSR count). The summed E-state index contributed by atoms with van der Waals surface area (Å²) in [7, 11) is 0. The highest BCUT2D eigenvalue weighted by molar-refractivity contribution is 6.23. The third kappa shape index (κ3) is 5.39. The maximum Gasteiger partial charge on any atom is 0.322 e. The molecule has 2 aliphatic heterocycles. The van der Waals surface area contributed by atoms with E-state index < -0.39 is 17.5 Å². The molecule has 0 saturated carbocycles. The summed E-state index contributed by atoms with van der Waals surface area (Å²) in [5, 5.41) is 8.09. The number of rotatable bonds is 7. The zero-order valence-electron chi connectivity index (χ0n) is 23.3. The zero-order chi connectivity index (χ0) is 29.5. The number of benzene rings is 4. The van der Waals surface area contributed by atoms with Gasteiger partial charge in [-0.25, -0.2) is 14.8 Å². The summed E-state index contributed by atoms with van der Waals surface area (Å²) in [6.45, 7) is 2.06. The van der Waals surface area contributed by atoms with Crippen molar-refractivity contribution in [1.29, 1.82) is 0 Å². The van der Waals surface area contributed by atoms with Crippen molar-refractivity contribution in [2.75, 3.05) is 10.0 Å². The Balaban J connectivity index is 0.000000171. The molecule has 8 nitrogen and oxygen atoms in total.